The van der Waals surface area contributed by atoms with Crippen molar-refractivity contribution in [2.24, 2.45) is 0 Å². The molecule has 158 valence electrons. The van der Waals surface area contributed by atoms with Gasteiger partial charge in [-0.2, -0.15) is 0 Å². The molecule has 3 heterocycles. The maximum absolute atomic E-state index is 12.5. The third-order valence-corrected chi connectivity index (χ3v) is 4.85. The molecule has 30 heavy (non-hydrogen) atoms. The zero-order chi connectivity index (χ0) is 22.0. The van der Waals surface area contributed by atoms with Crippen LogP contribution in [0.25, 0.3) is 0 Å². The number of aromatic nitrogens is 2. The first-order chi connectivity index (χ1) is 14.2. The summed E-state index contributed by atoms with van der Waals surface area (Å²) in [6.45, 7) is 4.24. The van der Waals surface area contributed by atoms with E-state index < -0.39 is 35.1 Å². The molecular weight excluding hydrogens is 418 g/mol. The van der Waals surface area contributed by atoms with Gasteiger partial charge in [-0.25, -0.2) is 9.78 Å². The van der Waals surface area contributed by atoms with E-state index in [0.717, 1.165) is 22.3 Å². The molecule has 2 aromatic rings. The quantitative estimate of drug-likeness (QED) is 0.405. The van der Waals surface area contributed by atoms with E-state index in [1.165, 1.54) is 6.07 Å². The van der Waals surface area contributed by atoms with Crippen molar-refractivity contribution in [3.63, 3.8) is 0 Å². The Hall–Kier alpha value is -3.61. The number of hydrogen-bond acceptors (Lipinski definition) is 10. The zero-order valence-corrected chi connectivity index (χ0v) is 17.0. The number of pyridine rings is 1. The zero-order valence-electron chi connectivity index (χ0n) is 16.2. The number of aryl methyl sites for hydroxylation is 1. The number of nitrogens with zero attached hydrogens (tertiary/aromatic N) is 4. The molecule has 0 atom stereocenters. The van der Waals surface area contributed by atoms with Gasteiger partial charge in [-0.15, -0.1) is 0 Å². The van der Waals surface area contributed by atoms with Crippen LogP contribution in [0.15, 0.2) is 12.1 Å². The lowest BCUT2D eigenvalue weighted by Gasteiger charge is -2.24. The molecule has 0 saturated carbocycles. The van der Waals surface area contributed by atoms with Crippen LogP contribution in [0.3, 0.4) is 0 Å². The molecule has 0 spiro atoms. The number of nitrogens with one attached hydrogen (secondary N) is 1. The second-order valence-electron chi connectivity index (χ2n) is 6.45. The molecule has 0 aliphatic carbocycles. The number of anilines is 2. The van der Waals surface area contributed by atoms with Crippen molar-refractivity contribution >= 4 is 45.9 Å². The van der Waals surface area contributed by atoms with Gasteiger partial charge in [0.05, 0.1) is 11.8 Å². The number of thiazole rings is 1. The minimum absolute atomic E-state index is 0.118. The predicted molar refractivity (Wildman–Crippen MR) is 105 cm³/mol. The summed E-state index contributed by atoms with van der Waals surface area (Å²) in [5.41, 5.74) is 0.394. The monoisotopic (exact) mass is 435 g/mol. The third-order valence-electron chi connectivity index (χ3n) is 3.79. The normalized spacial score (nSPS) is 12.9. The summed E-state index contributed by atoms with van der Waals surface area (Å²) in [6, 6.07) is 2.46. The Bertz CT molecular complexity index is 1040. The van der Waals surface area contributed by atoms with E-state index in [9.17, 15) is 24.5 Å². The van der Waals surface area contributed by atoms with E-state index >= 15 is 0 Å². The van der Waals surface area contributed by atoms with E-state index in [1.807, 2.05) is 0 Å². The van der Waals surface area contributed by atoms with Gasteiger partial charge in [-0.05, 0) is 36.7 Å². The van der Waals surface area contributed by atoms with Gasteiger partial charge in [-0.3, -0.25) is 14.5 Å². The van der Waals surface area contributed by atoms with Crippen molar-refractivity contribution in [1.29, 1.82) is 0 Å². The van der Waals surface area contributed by atoms with Gasteiger partial charge in [0.25, 0.3) is 11.7 Å². The van der Waals surface area contributed by atoms with Crippen LogP contribution in [0.4, 0.5) is 16.8 Å². The molecule has 12 nitrogen and oxygen atoms in total. The molecule has 1 N–H and O–H groups in total. The molecule has 2 amide bonds. The van der Waals surface area contributed by atoms with Crippen molar-refractivity contribution < 1.29 is 28.8 Å². The molecular formula is C17H17N5O7S. The summed E-state index contributed by atoms with van der Waals surface area (Å²) in [5, 5.41) is 13.6. The highest BCUT2D eigenvalue weighted by molar-refractivity contribution is 7.17. The van der Waals surface area contributed by atoms with Gasteiger partial charge in [0, 0.05) is 6.07 Å². The summed E-state index contributed by atoms with van der Waals surface area (Å²) in [5.74, 6) is -2.20. The van der Waals surface area contributed by atoms with Crippen molar-refractivity contribution in [1.82, 2.24) is 9.97 Å². The van der Waals surface area contributed by atoms with E-state index in [4.69, 9.17) is 9.47 Å². The van der Waals surface area contributed by atoms with Crippen molar-refractivity contribution in [3.05, 3.63) is 32.8 Å². The van der Waals surface area contributed by atoms with Gasteiger partial charge in [0.2, 0.25) is 5.91 Å². The van der Waals surface area contributed by atoms with Gasteiger partial charge in [-0.1, -0.05) is 11.3 Å². The summed E-state index contributed by atoms with van der Waals surface area (Å²) in [6.07, 6.45) is -0.305. The highest BCUT2D eigenvalue weighted by Gasteiger charge is 2.33. The lowest BCUT2D eigenvalue weighted by molar-refractivity contribution is -0.389. The first-order valence-corrected chi connectivity index (χ1v) is 9.54. The fraction of sp³-hybridized carbons (Fsp3) is 0.353. The first kappa shape index (κ1) is 21.1. The number of fused-ring (bicyclic) bond motifs is 1. The van der Waals surface area contributed by atoms with Crippen LogP contribution in [-0.2, 0) is 14.3 Å². The highest BCUT2D eigenvalue weighted by Crippen LogP contribution is 2.32. The third kappa shape index (κ3) is 4.51. The maximum Gasteiger partial charge on any atom is 0.366 e. The van der Waals surface area contributed by atoms with Crippen molar-refractivity contribution in [2.75, 3.05) is 23.4 Å². The molecule has 1 aliphatic heterocycles. The largest absolute Gasteiger partial charge is 0.477 e. The second kappa shape index (κ2) is 8.41. The maximum atomic E-state index is 12.5. The number of hydrogen-bond donors (Lipinski definition) is 1. The SMILES string of the molecule is Cc1nc(NC(=O)CN2C(=O)COc3ccc([N+](=O)[O-])nc32)sc1C(=O)OC(C)C. The van der Waals surface area contributed by atoms with Crippen LogP contribution < -0.4 is 15.0 Å². The molecule has 13 heteroatoms. The number of esters is 1. The van der Waals surface area contributed by atoms with E-state index in [-0.39, 0.29) is 34.3 Å². The van der Waals surface area contributed by atoms with Crippen molar-refractivity contribution in [2.45, 2.75) is 26.9 Å². The minimum atomic E-state index is -0.715. The second-order valence-corrected chi connectivity index (χ2v) is 7.45. The average molecular weight is 435 g/mol. The number of rotatable bonds is 6. The fourth-order valence-electron chi connectivity index (χ4n) is 2.54. The number of carbonyl (C=O) groups is 3. The molecule has 0 aromatic carbocycles. The van der Waals surface area contributed by atoms with Crippen LogP contribution in [0.1, 0.15) is 29.2 Å². The molecule has 3 rings (SSSR count). The molecule has 0 bridgehead atoms. The topological polar surface area (TPSA) is 154 Å². The first-order valence-electron chi connectivity index (χ1n) is 8.72. The number of nitro groups is 1. The van der Waals surface area contributed by atoms with Crippen LogP contribution in [0, 0.1) is 17.0 Å². The van der Waals surface area contributed by atoms with Gasteiger partial charge < -0.3 is 24.9 Å². The number of ether oxygens (including phenoxy) is 2. The highest BCUT2D eigenvalue weighted by atomic mass is 32.1. The summed E-state index contributed by atoms with van der Waals surface area (Å²) < 4.78 is 10.3. The average Bonchev–Trinajstić information content (AvgIpc) is 3.03. The van der Waals surface area contributed by atoms with Crippen LogP contribution in [-0.4, -0.2) is 51.9 Å². The lowest BCUT2D eigenvalue weighted by atomic mass is 10.3. The summed E-state index contributed by atoms with van der Waals surface area (Å²) in [4.78, 5) is 56.2. The Morgan fingerprint density at radius 3 is 2.80 bits per heavy atom. The molecule has 0 radical (unpaired) electrons. The Morgan fingerprint density at radius 1 is 1.40 bits per heavy atom. The van der Waals surface area contributed by atoms with Gasteiger partial charge in [0.1, 0.15) is 11.4 Å². The number of carbonyl (C=O) groups excluding carboxylic acids is 3. The van der Waals surface area contributed by atoms with Gasteiger partial charge in [0.15, 0.2) is 17.5 Å². The molecule has 0 fully saturated rings. The standard InChI is InChI=1S/C17H17N5O7S/c1-8(2)29-16(25)14-9(3)18-17(30-14)20-12(23)6-21-13(24)7-28-10-4-5-11(22(26)27)19-15(10)21/h4-5,8H,6-7H2,1-3H3,(H,18,20,23). The molecule has 2 aromatic heterocycles. The Labute approximate surface area is 174 Å². The van der Waals surface area contributed by atoms with E-state index in [2.05, 4.69) is 15.3 Å². The molecule has 0 unspecified atom stereocenters. The van der Waals surface area contributed by atoms with Crippen LogP contribution in [0.5, 0.6) is 5.75 Å². The van der Waals surface area contributed by atoms with Crippen LogP contribution >= 0.6 is 11.3 Å². The lowest BCUT2D eigenvalue weighted by Crippen LogP contribution is -2.44. The number of amides is 2. The van der Waals surface area contributed by atoms with Crippen molar-refractivity contribution in [3.8, 4) is 5.75 Å². The Balaban J connectivity index is 1.76. The molecule has 1 aliphatic rings. The Kier molecular flexibility index (Phi) is 5.91. The summed E-state index contributed by atoms with van der Waals surface area (Å²) >= 11 is 0.942. The smallest absolute Gasteiger partial charge is 0.366 e. The predicted octanol–water partition coefficient (Wildman–Crippen LogP) is 1.68. The molecule has 0 saturated heterocycles. The summed E-state index contributed by atoms with van der Waals surface area (Å²) in [7, 11) is 0. The van der Waals surface area contributed by atoms with E-state index in [0.29, 0.717) is 5.69 Å². The Morgan fingerprint density at radius 2 is 2.13 bits per heavy atom. The van der Waals surface area contributed by atoms with E-state index in [1.54, 1.807) is 20.8 Å². The van der Waals surface area contributed by atoms with Gasteiger partial charge >= 0.3 is 11.8 Å². The minimum Gasteiger partial charge on any atom is -0.477 e. The van der Waals surface area contributed by atoms with Crippen LogP contribution in [0.2, 0.25) is 0 Å². The fourth-order valence-corrected chi connectivity index (χ4v) is 3.41.